The summed E-state index contributed by atoms with van der Waals surface area (Å²) in [6, 6.07) is 9.75. The van der Waals surface area contributed by atoms with E-state index in [-0.39, 0.29) is 0 Å². The third-order valence-electron chi connectivity index (χ3n) is 2.08. The molecule has 0 aliphatic heterocycles. The minimum absolute atomic E-state index is 0.392. The van der Waals surface area contributed by atoms with E-state index in [1.807, 2.05) is 30.3 Å². The van der Waals surface area contributed by atoms with Crippen LogP contribution in [-0.2, 0) is 20.7 Å². The van der Waals surface area contributed by atoms with Crippen LogP contribution in [0.4, 0.5) is 0 Å². The van der Waals surface area contributed by atoms with Gasteiger partial charge in [-0.05, 0) is 12.0 Å². The predicted molar refractivity (Wildman–Crippen MR) is 62.4 cm³/mol. The smallest absolute Gasteiger partial charge is 0.304 e. The number of hydrogen-bond donors (Lipinski definition) is 0. The lowest BCUT2D eigenvalue weighted by atomic mass is 10.1. The van der Waals surface area contributed by atoms with Crippen LogP contribution in [0.25, 0.3) is 0 Å². The van der Waals surface area contributed by atoms with Crippen molar-refractivity contribution >= 4 is 17.6 Å². The van der Waals surface area contributed by atoms with E-state index in [0.29, 0.717) is 6.42 Å². The number of esters is 1. The zero-order chi connectivity index (χ0) is 12.0. The Morgan fingerprint density at radius 2 is 2.00 bits per heavy atom. The van der Waals surface area contributed by atoms with Crippen LogP contribution in [0.3, 0.4) is 0 Å². The Morgan fingerprint density at radius 3 is 2.50 bits per heavy atom. The summed E-state index contributed by atoms with van der Waals surface area (Å²) < 4.78 is 9.96. The molecular formula is C12H15ClO3. The minimum Gasteiger partial charge on any atom is -0.434 e. The van der Waals surface area contributed by atoms with E-state index in [9.17, 15) is 4.79 Å². The Morgan fingerprint density at radius 1 is 1.38 bits per heavy atom. The zero-order valence-electron chi connectivity index (χ0n) is 9.35. The van der Waals surface area contributed by atoms with E-state index in [1.165, 1.54) is 14.0 Å². The molecule has 0 heterocycles. The van der Waals surface area contributed by atoms with Gasteiger partial charge in [-0.25, -0.2) is 0 Å². The molecule has 2 unspecified atom stereocenters. The van der Waals surface area contributed by atoms with Crippen molar-refractivity contribution in [2.75, 3.05) is 7.11 Å². The van der Waals surface area contributed by atoms with Gasteiger partial charge in [0.05, 0.1) is 0 Å². The second-order valence-corrected chi connectivity index (χ2v) is 3.98. The molecule has 3 nitrogen and oxygen atoms in total. The fourth-order valence-electron chi connectivity index (χ4n) is 1.37. The molecule has 0 amide bonds. The van der Waals surface area contributed by atoms with Crippen LogP contribution in [0.15, 0.2) is 30.3 Å². The third kappa shape index (κ3) is 4.21. The number of rotatable bonds is 5. The summed E-state index contributed by atoms with van der Waals surface area (Å²) in [5.41, 5.74) is 1.08. The first-order chi connectivity index (χ1) is 7.63. The van der Waals surface area contributed by atoms with Gasteiger partial charge in [0.2, 0.25) is 6.29 Å². The van der Waals surface area contributed by atoms with E-state index < -0.39 is 17.6 Å². The van der Waals surface area contributed by atoms with Gasteiger partial charge in [-0.3, -0.25) is 4.79 Å². The summed E-state index contributed by atoms with van der Waals surface area (Å²) >= 11 is 6.12. The fourth-order valence-corrected chi connectivity index (χ4v) is 1.70. The van der Waals surface area contributed by atoms with Gasteiger partial charge in [-0.2, -0.15) is 0 Å². The number of halogens is 1. The van der Waals surface area contributed by atoms with Crippen molar-refractivity contribution in [2.24, 2.45) is 0 Å². The van der Waals surface area contributed by atoms with Crippen molar-refractivity contribution in [3.8, 4) is 0 Å². The number of benzene rings is 1. The molecule has 0 aliphatic rings. The molecule has 0 N–H and O–H groups in total. The number of ether oxygens (including phenoxy) is 2. The molecule has 0 spiro atoms. The Kier molecular flexibility index (Phi) is 5.29. The average Bonchev–Trinajstić information content (AvgIpc) is 2.26. The van der Waals surface area contributed by atoms with Crippen LogP contribution < -0.4 is 0 Å². The van der Waals surface area contributed by atoms with Crippen molar-refractivity contribution in [1.82, 2.24) is 0 Å². The summed E-state index contributed by atoms with van der Waals surface area (Å²) in [6.07, 6.45) is -0.117. The van der Waals surface area contributed by atoms with Gasteiger partial charge in [0, 0.05) is 14.0 Å². The Labute approximate surface area is 100 Å². The Bertz CT molecular complexity index is 326. The number of hydrogen-bond acceptors (Lipinski definition) is 3. The first-order valence-electron chi connectivity index (χ1n) is 5.01. The molecule has 0 radical (unpaired) electrons. The lowest BCUT2D eigenvalue weighted by Gasteiger charge is -2.20. The standard InChI is InChI=1S/C12H15ClO3/c1-9(14)16-12(15-2)11(13)8-10-6-4-3-5-7-10/h3-7,11-12H,8H2,1-2H3. The highest BCUT2D eigenvalue weighted by molar-refractivity contribution is 6.21. The lowest BCUT2D eigenvalue weighted by Crippen LogP contribution is -2.30. The first-order valence-corrected chi connectivity index (χ1v) is 5.45. The molecule has 1 aromatic rings. The van der Waals surface area contributed by atoms with Crippen LogP contribution in [-0.4, -0.2) is 24.7 Å². The predicted octanol–water partition coefficient (Wildman–Crippen LogP) is 2.37. The highest BCUT2D eigenvalue weighted by atomic mass is 35.5. The molecule has 88 valence electrons. The largest absolute Gasteiger partial charge is 0.434 e. The van der Waals surface area contributed by atoms with Crippen LogP contribution >= 0.6 is 11.6 Å². The SMILES string of the molecule is COC(OC(C)=O)C(Cl)Cc1ccccc1. The molecule has 1 aromatic carbocycles. The lowest BCUT2D eigenvalue weighted by molar-refractivity contribution is -0.170. The second-order valence-electron chi connectivity index (χ2n) is 3.42. The average molecular weight is 243 g/mol. The van der Waals surface area contributed by atoms with Crippen LogP contribution in [0.2, 0.25) is 0 Å². The topological polar surface area (TPSA) is 35.5 Å². The maximum Gasteiger partial charge on any atom is 0.304 e. The molecule has 0 saturated carbocycles. The maximum atomic E-state index is 10.8. The van der Waals surface area contributed by atoms with E-state index in [0.717, 1.165) is 5.56 Å². The number of carbonyl (C=O) groups is 1. The van der Waals surface area contributed by atoms with E-state index in [2.05, 4.69) is 0 Å². The molecule has 4 heteroatoms. The molecule has 0 bridgehead atoms. The molecule has 0 saturated heterocycles. The summed E-state index contributed by atoms with van der Waals surface area (Å²) in [7, 11) is 1.47. The highest BCUT2D eigenvalue weighted by Crippen LogP contribution is 2.14. The van der Waals surface area contributed by atoms with E-state index >= 15 is 0 Å². The summed E-state index contributed by atoms with van der Waals surface area (Å²) in [5, 5.41) is -0.392. The number of alkyl halides is 1. The first kappa shape index (κ1) is 13.0. The van der Waals surface area contributed by atoms with Gasteiger partial charge in [0.15, 0.2) is 0 Å². The van der Waals surface area contributed by atoms with Gasteiger partial charge in [0.25, 0.3) is 0 Å². The maximum absolute atomic E-state index is 10.8. The van der Waals surface area contributed by atoms with Gasteiger partial charge in [0.1, 0.15) is 5.38 Å². The van der Waals surface area contributed by atoms with Crippen molar-refractivity contribution in [1.29, 1.82) is 0 Å². The normalized spacial score (nSPS) is 14.2. The van der Waals surface area contributed by atoms with E-state index in [1.54, 1.807) is 0 Å². The van der Waals surface area contributed by atoms with Crippen LogP contribution in [0.1, 0.15) is 12.5 Å². The Hall–Kier alpha value is -1.06. The third-order valence-corrected chi connectivity index (χ3v) is 2.44. The Balaban J connectivity index is 2.55. The van der Waals surface area contributed by atoms with Crippen LogP contribution in [0.5, 0.6) is 0 Å². The van der Waals surface area contributed by atoms with Gasteiger partial charge < -0.3 is 9.47 Å². The van der Waals surface area contributed by atoms with Crippen molar-refractivity contribution in [3.63, 3.8) is 0 Å². The van der Waals surface area contributed by atoms with Gasteiger partial charge in [-0.1, -0.05) is 30.3 Å². The molecule has 0 aromatic heterocycles. The summed E-state index contributed by atoms with van der Waals surface area (Å²) in [6.45, 7) is 1.33. The van der Waals surface area contributed by atoms with Crippen LogP contribution in [0, 0.1) is 0 Å². The zero-order valence-corrected chi connectivity index (χ0v) is 10.1. The molecule has 0 aliphatic carbocycles. The molecule has 0 fully saturated rings. The van der Waals surface area contributed by atoms with Gasteiger partial charge >= 0.3 is 5.97 Å². The molecule has 1 rings (SSSR count). The van der Waals surface area contributed by atoms with Crippen molar-refractivity contribution < 1.29 is 14.3 Å². The number of methoxy groups -OCH3 is 1. The van der Waals surface area contributed by atoms with E-state index in [4.69, 9.17) is 21.1 Å². The van der Waals surface area contributed by atoms with Crippen molar-refractivity contribution in [3.05, 3.63) is 35.9 Å². The number of carbonyl (C=O) groups excluding carboxylic acids is 1. The summed E-state index contributed by atoms with van der Waals surface area (Å²) in [5.74, 6) is -0.398. The fraction of sp³-hybridized carbons (Fsp3) is 0.417. The summed E-state index contributed by atoms with van der Waals surface area (Å²) in [4.78, 5) is 10.8. The monoisotopic (exact) mass is 242 g/mol. The second kappa shape index (κ2) is 6.51. The quantitative estimate of drug-likeness (QED) is 0.452. The molecule has 2 atom stereocenters. The molecular weight excluding hydrogens is 228 g/mol. The van der Waals surface area contributed by atoms with Crippen molar-refractivity contribution in [2.45, 2.75) is 25.0 Å². The highest BCUT2D eigenvalue weighted by Gasteiger charge is 2.21. The molecule has 16 heavy (non-hydrogen) atoms. The minimum atomic E-state index is -0.709. The van der Waals surface area contributed by atoms with Gasteiger partial charge in [-0.15, -0.1) is 11.6 Å².